The van der Waals surface area contributed by atoms with Gasteiger partial charge in [-0.25, -0.2) is 0 Å². The maximum Gasteiger partial charge on any atom is 0.273 e. The smallest absolute Gasteiger partial charge is 0.273 e. The Morgan fingerprint density at radius 2 is 1.73 bits per heavy atom. The number of carbonyl (C=O) groups excluding carboxylic acids is 1. The fourth-order valence-corrected chi connectivity index (χ4v) is 2.53. The van der Waals surface area contributed by atoms with Gasteiger partial charge in [0.2, 0.25) is 5.91 Å². The number of hydrogen-bond acceptors (Lipinski definition) is 3. The Hall–Kier alpha value is -2.69. The first-order chi connectivity index (χ1) is 10.4. The second kappa shape index (κ2) is 6.39. The molecule has 0 bridgehead atoms. The lowest BCUT2D eigenvalue weighted by Crippen LogP contribution is -2.39. The van der Waals surface area contributed by atoms with Gasteiger partial charge in [0.05, 0.1) is 10.3 Å². The molecule has 1 unspecified atom stereocenters. The second-order valence-corrected chi connectivity index (χ2v) is 5.46. The van der Waals surface area contributed by atoms with Crippen molar-refractivity contribution in [3.8, 4) is 0 Å². The summed E-state index contributed by atoms with van der Waals surface area (Å²) in [6, 6.07) is 15.9. The fraction of sp³-hybridized carbons (Fsp3) is 0.235. The van der Waals surface area contributed by atoms with Gasteiger partial charge in [-0.3, -0.25) is 14.9 Å². The highest BCUT2D eigenvalue weighted by Gasteiger charge is 2.38. The van der Waals surface area contributed by atoms with Crippen molar-refractivity contribution in [1.29, 1.82) is 0 Å². The topological polar surface area (TPSA) is 86.2 Å². The molecule has 1 amide bonds. The minimum Gasteiger partial charge on any atom is -0.369 e. The van der Waals surface area contributed by atoms with E-state index in [0.29, 0.717) is 18.4 Å². The summed E-state index contributed by atoms with van der Waals surface area (Å²) >= 11 is 0. The minimum atomic E-state index is -1.08. The average Bonchev–Trinajstić information content (AvgIpc) is 2.53. The van der Waals surface area contributed by atoms with Gasteiger partial charge in [0, 0.05) is 11.6 Å². The molecule has 0 saturated heterocycles. The molecule has 5 nitrogen and oxygen atoms in total. The van der Waals surface area contributed by atoms with Crippen LogP contribution < -0.4 is 5.73 Å². The lowest BCUT2D eigenvalue weighted by atomic mass is 9.76. The third kappa shape index (κ3) is 3.14. The quantitative estimate of drug-likeness (QED) is 0.657. The van der Waals surface area contributed by atoms with Crippen LogP contribution in [0.15, 0.2) is 54.6 Å². The summed E-state index contributed by atoms with van der Waals surface area (Å²) in [7, 11) is 0. The molecular weight excluding hydrogens is 280 g/mol. The number of amides is 1. The van der Waals surface area contributed by atoms with E-state index in [0.717, 1.165) is 5.56 Å². The molecule has 0 aliphatic carbocycles. The van der Waals surface area contributed by atoms with E-state index in [4.69, 9.17) is 5.73 Å². The Balaban J connectivity index is 2.37. The molecule has 22 heavy (non-hydrogen) atoms. The van der Waals surface area contributed by atoms with E-state index < -0.39 is 16.2 Å². The monoisotopic (exact) mass is 298 g/mol. The van der Waals surface area contributed by atoms with Crippen LogP contribution in [0.1, 0.15) is 24.5 Å². The van der Waals surface area contributed by atoms with Gasteiger partial charge in [-0.2, -0.15) is 0 Å². The van der Waals surface area contributed by atoms with Crippen molar-refractivity contribution in [2.24, 2.45) is 5.73 Å². The largest absolute Gasteiger partial charge is 0.369 e. The summed E-state index contributed by atoms with van der Waals surface area (Å²) in [6.45, 7) is 1.67. The van der Waals surface area contributed by atoms with Crippen molar-refractivity contribution in [3.05, 3.63) is 75.8 Å². The maximum atomic E-state index is 12.0. The zero-order chi connectivity index (χ0) is 16.2. The molecule has 0 heterocycles. The van der Waals surface area contributed by atoms with Crippen molar-refractivity contribution in [1.82, 2.24) is 0 Å². The van der Waals surface area contributed by atoms with Crippen molar-refractivity contribution in [2.75, 3.05) is 0 Å². The first-order valence-corrected chi connectivity index (χ1v) is 7.03. The molecule has 2 N–H and O–H groups in total. The number of nitro benzene ring substituents is 1. The summed E-state index contributed by atoms with van der Waals surface area (Å²) in [5, 5.41) is 11.2. The standard InChI is InChI=1S/C17H18N2O3/c1-17(16(18)20,12-11-13-7-3-2-4-8-13)14-9-5-6-10-15(14)19(21)22/h2-10H,11-12H2,1H3,(H2,18,20). The predicted molar refractivity (Wildman–Crippen MR) is 84.4 cm³/mol. The summed E-state index contributed by atoms with van der Waals surface area (Å²) in [4.78, 5) is 22.8. The number of primary amides is 1. The van der Waals surface area contributed by atoms with Crippen molar-refractivity contribution in [3.63, 3.8) is 0 Å². The van der Waals surface area contributed by atoms with Gasteiger partial charge in [0.15, 0.2) is 0 Å². The molecular formula is C17H18N2O3. The molecule has 0 saturated carbocycles. The SMILES string of the molecule is CC(CCc1ccccc1)(C(N)=O)c1ccccc1[N+](=O)[O-]. The highest BCUT2D eigenvalue weighted by molar-refractivity contribution is 5.87. The molecule has 5 heteroatoms. The van der Waals surface area contributed by atoms with Crippen LogP contribution in [-0.2, 0) is 16.6 Å². The minimum absolute atomic E-state index is 0.0724. The Labute approximate surface area is 128 Å². The molecule has 114 valence electrons. The van der Waals surface area contributed by atoms with E-state index >= 15 is 0 Å². The Kier molecular flexibility index (Phi) is 4.56. The van der Waals surface area contributed by atoms with E-state index in [9.17, 15) is 14.9 Å². The Morgan fingerprint density at radius 1 is 1.14 bits per heavy atom. The van der Waals surface area contributed by atoms with E-state index in [1.165, 1.54) is 6.07 Å². The van der Waals surface area contributed by atoms with Crippen molar-refractivity contribution < 1.29 is 9.72 Å². The number of hydrogen-bond donors (Lipinski definition) is 1. The van der Waals surface area contributed by atoms with Gasteiger partial charge in [0.1, 0.15) is 0 Å². The number of nitrogens with two attached hydrogens (primary N) is 1. The number of para-hydroxylation sites is 1. The first kappa shape index (κ1) is 15.7. The Morgan fingerprint density at radius 3 is 2.32 bits per heavy atom. The lowest BCUT2D eigenvalue weighted by molar-refractivity contribution is -0.386. The number of rotatable bonds is 6. The van der Waals surface area contributed by atoms with Gasteiger partial charge in [-0.1, -0.05) is 48.5 Å². The molecule has 2 rings (SSSR count). The summed E-state index contributed by atoms with van der Waals surface area (Å²) in [5.41, 5.74) is 5.85. The van der Waals surface area contributed by atoms with Crippen LogP contribution >= 0.6 is 0 Å². The van der Waals surface area contributed by atoms with Crippen LogP contribution in [0.25, 0.3) is 0 Å². The molecule has 2 aromatic rings. The maximum absolute atomic E-state index is 12.0. The van der Waals surface area contributed by atoms with Gasteiger partial charge in [-0.15, -0.1) is 0 Å². The lowest BCUT2D eigenvalue weighted by Gasteiger charge is -2.26. The predicted octanol–water partition coefficient (Wildman–Crippen LogP) is 2.97. The van der Waals surface area contributed by atoms with Crippen LogP contribution in [-0.4, -0.2) is 10.8 Å². The Bertz CT molecular complexity index is 685. The molecule has 0 aromatic heterocycles. The molecule has 2 aromatic carbocycles. The molecule has 1 atom stereocenters. The van der Waals surface area contributed by atoms with E-state index in [2.05, 4.69) is 0 Å². The molecule has 0 aliphatic rings. The molecule has 0 fully saturated rings. The third-order valence-electron chi connectivity index (χ3n) is 4.00. The van der Waals surface area contributed by atoms with Gasteiger partial charge in [0.25, 0.3) is 5.69 Å². The average molecular weight is 298 g/mol. The van der Waals surface area contributed by atoms with E-state index in [1.54, 1.807) is 25.1 Å². The number of benzene rings is 2. The second-order valence-electron chi connectivity index (χ2n) is 5.46. The molecule has 0 spiro atoms. The highest BCUT2D eigenvalue weighted by Crippen LogP contribution is 2.35. The summed E-state index contributed by atoms with van der Waals surface area (Å²) in [5.74, 6) is -0.558. The summed E-state index contributed by atoms with van der Waals surface area (Å²) < 4.78 is 0. The van der Waals surface area contributed by atoms with Crippen LogP contribution in [0.5, 0.6) is 0 Å². The zero-order valence-corrected chi connectivity index (χ0v) is 12.4. The van der Waals surface area contributed by atoms with Gasteiger partial charge >= 0.3 is 0 Å². The zero-order valence-electron chi connectivity index (χ0n) is 12.4. The van der Waals surface area contributed by atoms with E-state index in [-0.39, 0.29) is 5.69 Å². The molecule has 0 radical (unpaired) electrons. The van der Waals surface area contributed by atoms with Crippen molar-refractivity contribution >= 4 is 11.6 Å². The third-order valence-corrected chi connectivity index (χ3v) is 4.00. The highest BCUT2D eigenvalue weighted by atomic mass is 16.6. The summed E-state index contributed by atoms with van der Waals surface area (Å²) in [6.07, 6.45) is 1.03. The van der Waals surface area contributed by atoms with E-state index in [1.807, 2.05) is 30.3 Å². The normalized spacial score (nSPS) is 13.3. The van der Waals surface area contributed by atoms with Gasteiger partial charge < -0.3 is 5.73 Å². The number of nitro groups is 1. The molecule has 0 aliphatic heterocycles. The van der Waals surface area contributed by atoms with Crippen LogP contribution in [0.3, 0.4) is 0 Å². The number of carbonyl (C=O) groups is 1. The number of nitrogens with zero attached hydrogens (tertiary/aromatic N) is 1. The first-order valence-electron chi connectivity index (χ1n) is 7.03. The van der Waals surface area contributed by atoms with Crippen LogP contribution in [0.4, 0.5) is 5.69 Å². The fourth-order valence-electron chi connectivity index (χ4n) is 2.53. The van der Waals surface area contributed by atoms with Gasteiger partial charge in [-0.05, 0) is 25.3 Å². The van der Waals surface area contributed by atoms with Crippen molar-refractivity contribution in [2.45, 2.75) is 25.2 Å². The number of aryl methyl sites for hydroxylation is 1. The van der Waals surface area contributed by atoms with Crippen LogP contribution in [0, 0.1) is 10.1 Å². The van der Waals surface area contributed by atoms with Crippen LogP contribution in [0.2, 0.25) is 0 Å².